The minimum Gasteiger partial charge on any atom is -0.354 e. The number of nitrogens with one attached hydrogen (secondary N) is 1. The Morgan fingerprint density at radius 3 is 2.10 bits per heavy atom. The maximum atomic E-state index is 14.0. The van der Waals surface area contributed by atoms with Crippen molar-refractivity contribution in [2.45, 2.75) is 45.2 Å². The number of carbonyl (C=O) groups is 2. The van der Waals surface area contributed by atoms with Crippen LogP contribution in [0.5, 0.6) is 0 Å². The molecule has 0 unspecified atom stereocenters. The zero-order valence-corrected chi connectivity index (χ0v) is 26.8. The third kappa shape index (κ3) is 8.52. The van der Waals surface area contributed by atoms with Crippen LogP contribution in [0.2, 0.25) is 20.1 Å². The van der Waals surface area contributed by atoms with Gasteiger partial charge in [0.25, 0.3) is 10.0 Å². The van der Waals surface area contributed by atoms with Gasteiger partial charge in [0.05, 0.1) is 25.7 Å². The largest absolute Gasteiger partial charge is 0.354 e. The molecule has 0 aromatic heterocycles. The molecule has 3 aromatic rings. The van der Waals surface area contributed by atoms with Gasteiger partial charge in [-0.15, -0.1) is 0 Å². The summed E-state index contributed by atoms with van der Waals surface area (Å²) >= 11 is 24.9. The van der Waals surface area contributed by atoms with E-state index >= 15 is 0 Å². The molecule has 0 aliphatic carbocycles. The number of hydrogen-bond acceptors (Lipinski definition) is 4. The molecule has 0 saturated heterocycles. The number of hydrogen-bond donors (Lipinski definition) is 1. The maximum absolute atomic E-state index is 14.0. The second-order valence-electron chi connectivity index (χ2n) is 10.0. The first-order chi connectivity index (χ1) is 19.2. The average Bonchev–Trinajstić information content (AvgIpc) is 2.92. The number of sulfonamides is 1. The summed E-state index contributed by atoms with van der Waals surface area (Å²) in [6.45, 7) is 7.03. The highest BCUT2D eigenvalue weighted by Crippen LogP contribution is 2.33. The normalized spacial score (nSPS) is 12.2. The average molecular weight is 659 g/mol. The van der Waals surface area contributed by atoms with Gasteiger partial charge in [0, 0.05) is 18.1 Å². The summed E-state index contributed by atoms with van der Waals surface area (Å²) in [4.78, 5) is 28.3. The van der Waals surface area contributed by atoms with Gasteiger partial charge in [0.2, 0.25) is 11.8 Å². The lowest BCUT2D eigenvalue weighted by Gasteiger charge is -2.32. The minimum absolute atomic E-state index is 0.0273. The Bertz CT molecular complexity index is 1510. The Labute approximate surface area is 261 Å². The highest BCUT2D eigenvalue weighted by Gasteiger charge is 2.33. The molecule has 3 aromatic carbocycles. The predicted octanol–water partition coefficient (Wildman–Crippen LogP) is 6.99. The van der Waals surface area contributed by atoms with E-state index in [1.807, 2.05) is 20.8 Å². The molecule has 1 N–H and O–H groups in total. The van der Waals surface area contributed by atoms with Crippen LogP contribution in [0.4, 0.5) is 5.69 Å². The number of aryl methyl sites for hydroxylation is 1. The van der Waals surface area contributed by atoms with Crippen LogP contribution in [0.1, 0.15) is 31.9 Å². The summed E-state index contributed by atoms with van der Waals surface area (Å²) in [7, 11) is -4.29. The summed E-state index contributed by atoms with van der Waals surface area (Å²) in [5.74, 6) is -0.846. The molecule has 0 saturated carbocycles. The van der Waals surface area contributed by atoms with Crippen molar-refractivity contribution in [1.82, 2.24) is 10.2 Å². The number of rotatable bonds is 11. The number of benzene rings is 3. The van der Waals surface area contributed by atoms with Crippen LogP contribution in [0.15, 0.2) is 65.6 Å². The number of anilines is 1. The second kappa shape index (κ2) is 14.1. The molecule has 0 heterocycles. The molecule has 220 valence electrons. The van der Waals surface area contributed by atoms with Gasteiger partial charge < -0.3 is 10.2 Å². The van der Waals surface area contributed by atoms with Crippen LogP contribution in [-0.2, 0) is 26.2 Å². The van der Waals surface area contributed by atoms with Crippen LogP contribution in [-0.4, -0.2) is 44.3 Å². The fourth-order valence-corrected chi connectivity index (χ4v) is 6.08. The first-order valence-electron chi connectivity index (χ1n) is 12.8. The van der Waals surface area contributed by atoms with Crippen molar-refractivity contribution in [2.24, 2.45) is 5.92 Å². The van der Waals surface area contributed by atoms with Crippen LogP contribution in [0, 0.1) is 12.8 Å². The summed E-state index contributed by atoms with van der Waals surface area (Å²) in [5, 5.41) is 3.76. The Morgan fingerprint density at radius 2 is 1.49 bits per heavy atom. The van der Waals surface area contributed by atoms with E-state index in [0.717, 1.165) is 9.87 Å². The predicted molar refractivity (Wildman–Crippen MR) is 166 cm³/mol. The number of halogens is 4. The molecule has 7 nitrogen and oxygen atoms in total. The van der Waals surface area contributed by atoms with Gasteiger partial charge in [-0.3, -0.25) is 13.9 Å². The summed E-state index contributed by atoms with van der Waals surface area (Å²) in [6, 6.07) is 14.5. The van der Waals surface area contributed by atoms with E-state index in [2.05, 4.69) is 5.32 Å². The van der Waals surface area contributed by atoms with Gasteiger partial charge in [-0.1, -0.05) is 84.0 Å². The molecular weight excluding hydrogens is 628 g/mol. The lowest BCUT2D eigenvalue weighted by Crippen LogP contribution is -2.51. The van der Waals surface area contributed by atoms with Gasteiger partial charge in [0.1, 0.15) is 12.6 Å². The van der Waals surface area contributed by atoms with E-state index in [0.29, 0.717) is 17.1 Å². The van der Waals surface area contributed by atoms with Crippen molar-refractivity contribution >= 4 is 73.9 Å². The number of carbonyl (C=O) groups excluding carboxylic acids is 2. The topological polar surface area (TPSA) is 86.8 Å². The molecule has 3 rings (SSSR count). The zero-order chi connectivity index (χ0) is 30.5. The van der Waals surface area contributed by atoms with Gasteiger partial charge in [-0.05, 0) is 67.8 Å². The van der Waals surface area contributed by atoms with Crippen molar-refractivity contribution < 1.29 is 18.0 Å². The minimum atomic E-state index is -4.29. The van der Waals surface area contributed by atoms with Gasteiger partial charge in [-0.2, -0.15) is 0 Å². The molecule has 0 aliphatic rings. The van der Waals surface area contributed by atoms with E-state index in [1.165, 1.54) is 35.2 Å². The SMILES string of the molecule is Cc1ccc(S(=O)(=O)N(CC(=O)N(Cc2ccc(Cl)c(Cl)c2)[C@@H](C)C(=O)NCC(C)C)c2cc(Cl)ccc2Cl)cc1. The van der Waals surface area contributed by atoms with Crippen LogP contribution in [0.25, 0.3) is 0 Å². The molecule has 0 bridgehead atoms. The maximum Gasteiger partial charge on any atom is 0.264 e. The summed E-state index contributed by atoms with van der Waals surface area (Å²) in [6.07, 6.45) is 0. The standard InChI is InChI=1S/C29H31Cl4N3O4S/c1-18(2)15-34-29(38)20(4)35(16-21-7-11-24(31)26(33)13-21)28(37)17-36(27-14-22(30)8-12-25(27)32)41(39,40)23-9-5-19(3)6-10-23/h5-14,18,20H,15-17H2,1-4H3,(H,34,38)/t20-/m0/s1. The van der Waals surface area contributed by atoms with Crippen molar-refractivity contribution in [3.8, 4) is 0 Å². The third-order valence-corrected chi connectivity index (χ3v) is 9.32. The monoisotopic (exact) mass is 657 g/mol. The van der Waals surface area contributed by atoms with Crippen LogP contribution < -0.4 is 9.62 Å². The fraction of sp³-hybridized carbons (Fsp3) is 0.310. The first-order valence-corrected chi connectivity index (χ1v) is 15.7. The molecule has 0 aliphatic heterocycles. The lowest BCUT2D eigenvalue weighted by molar-refractivity contribution is -0.139. The van der Waals surface area contributed by atoms with Crippen LogP contribution in [0.3, 0.4) is 0 Å². The summed E-state index contributed by atoms with van der Waals surface area (Å²) in [5.41, 5.74) is 1.49. The summed E-state index contributed by atoms with van der Waals surface area (Å²) < 4.78 is 28.8. The van der Waals surface area contributed by atoms with Gasteiger partial charge in [0.15, 0.2) is 0 Å². The zero-order valence-electron chi connectivity index (χ0n) is 23.0. The molecule has 0 spiro atoms. The van der Waals surface area contributed by atoms with E-state index in [1.54, 1.807) is 37.3 Å². The van der Waals surface area contributed by atoms with Crippen molar-refractivity contribution in [1.29, 1.82) is 0 Å². The smallest absolute Gasteiger partial charge is 0.264 e. The molecule has 0 radical (unpaired) electrons. The van der Waals surface area contributed by atoms with E-state index in [-0.39, 0.29) is 44.0 Å². The second-order valence-corrected chi connectivity index (χ2v) is 13.5. The highest BCUT2D eigenvalue weighted by molar-refractivity contribution is 7.92. The third-order valence-electron chi connectivity index (χ3n) is 6.25. The van der Waals surface area contributed by atoms with Crippen molar-refractivity contribution in [3.63, 3.8) is 0 Å². The first kappa shape index (κ1) is 33.0. The lowest BCUT2D eigenvalue weighted by atomic mass is 10.1. The van der Waals surface area contributed by atoms with Crippen LogP contribution >= 0.6 is 46.4 Å². The highest BCUT2D eigenvalue weighted by atomic mass is 35.5. The van der Waals surface area contributed by atoms with E-state index in [9.17, 15) is 18.0 Å². The Kier molecular flexibility index (Phi) is 11.4. The number of amides is 2. The number of nitrogens with zero attached hydrogens (tertiary/aromatic N) is 2. The fourth-order valence-electron chi connectivity index (χ4n) is 3.90. The van der Waals surface area contributed by atoms with E-state index in [4.69, 9.17) is 46.4 Å². The van der Waals surface area contributed by atoms with Crippen molar-refractivity contribution in [2.75, 3.05) is 17.4 Å². The van der Waals surface area contributed by atoms with Gasteiger partial charge >= 0.3 is 0 Å². The Balaban J connectivity index is 2.07. The molecule has 2 amide bonds. The quantitative estimate of drug-likeness (QED) is 0.241. The van der Waals surface area contributed by atoms with E-state index < -0.39 is 28.5 Å². The van der Waals surface area contributed by atoms with Crippen molar-refractivity contribution in [3.05, 3.63) is 91.9 Å². The molecule has 12 heteroatoms. The molecule has 1 atom stereocenters. The van der Waals surface area contributed by atoms with Gasteiger partial charge in [-0.25, -0.2) is 8.42 Å². The molecule has 41 heavy (non-hydrogen) atoms. The molecular formula is C29H31Cl4N3O4S. The molecule has 0 fully saturated rings. The Hall–Kier alpha value is -2.49. The Morgan fingerprint density at radius 1 is 0.854 bits per heavy atom.